The molecule has 0 amide bonds. The standard InChI is InChI=1S/C84H86BN5/c1-79(2,3)55-31-37-60(38-32-55)86(64-43-45-67-66-29-21-22-30-71(66)87(72(67)51-64)59-25-17-15-18-26-59)65-44-46-69-74(52-65)88(61-39-33-56(34-40-61)80(4,5)6)76-49-58(82(10,11)12)50-77-78(76)85(69)70-54-73-68(53-75(70)89(77)62-41-35-57(36-42-62)81(7,8)9)83(13)47-23-24-48-84(83,14)90(73)63-27-19-16-20-28-63/h15-22,25-46,49-54H,23-24,47-48H2,1-14H3. The molecule has 450 valence electrons. The number of rotatable bonds is 7. The molecule has 90 heavy (non-hydrogen) atoms. The second kappa shape index (κ2) is 20.4. The van der Waals surface area contributed by atoms with Gasteiger partial charge in [-0.05, 0) is 201 Å². The van der Waals surface area contributed by atoms with Gasteiger partial charge in [0.25, 0.3) is 6.71 Å². The van der Waals surface area contributed by atoms with Crippen LogP contribution in [-0.4, -0.2) is 16.8 Å². The van der Waals surface area contributed by atoms with Crippen LogP contribution in [0.25, 0.3) is 27.5 Å². The van der Waals surface area contributed by atoms with Crippen molar-refractivity contribution in [3.05, 3.63) is 246 Å². The van der Waals surface area contributed by atoms with E-state index in [9.17, 15) is 0 Å². The Labute approximate surface area is 535 Å². The Morgan fingerprint density at radius 1 is 0.367 bits per heavy atom. The summed E-state index contributed by atoms with van der Waals surface area (Å²) in [6.07, 6.45) is 4.71. The van der Waals surface area contributed by atoms with Crippen molar-refractivity contribution < 1.29 is 0 Å². The van der Waals surface area contributed by atoms with Gasteiger partial charge in [-0.3, -0.25) is 0 Å². The number of benzene rings is 10. The molecule has 0 radical (unpaired) electrons. The van der Waals surface area contributed by atoms with Crippen LogP contribution in [0.5, 0.6) is 0 Å². The fraction of sp³-hybridized carbons (Fsp3) is 0.286. The molecule has 2 unspecified atom stereocenters. The van der Waals surface area contributed by atoms with Crippen LogP contribution in [0.1, 0.15) is 150 Å². The Bertz CT molecular complexity index is 4610. The van der Waals surface area contributed by atoms with Crippen LogP contribution in [0.15, 0.2) is 218 Å². The molecule has 4 heterocycles. The number of hydrogen-bond acceptors (Lipinski definition) is 4. The van der Waals surface area contributed by atoms with E-state index in [-0.39, 0.29) is 39.3 Å². The van der Waals surface area contributed by atoms with Gasteiger partial charge in [0.05, 0.1) is 16.6 Å². The summed E-state index contributed by atoms with van der Waals surface area (Å²) in [5.74, 6) is 0. The van der Waals surface area contributed by atoms with Crippen molar-refractivity contribution in [2.75, 3.05) is 19.6 Å². The molecule has 0 bridgehead atoms. The van der Waals surface area contributed by atoms with Crippen molar-refractivity contribution in [2.24, 2.45) is 0 Å². The second-order valence-corrected chi connectivity index (χ2v) is 31.1. The van der Waals surface area contributed by atoms with Crippen LogP contribution in [-0.2, 0) is 27.1 Å². The van der Waals surface area contributed by atoms with Crippen LogP contribution in [0.3, 0.4) is 0 Å². The van der Waals surface area contributed by atoms with Gasteiger partial charge < -0.3 is 24.2 Å². The van der Waals surface area contributed by atoms with Crippen LogP contribution in [0.4, 0.5) is 62.6 Å². The monoisotopic (exact) mass is 1180 g/mol. The van der Waals surface area contributed by atoms with Crippen LogP contribution >= 0.6 is 0 Å². The van der Waals surface area contributed by atoms with Crippen LogP contribution in [0, 0.1) is 0 Å². The van der Waals surface area contributed by atoms with Gasteiger partial charge in [0.2, 0.25) is 0 Å². The molecule has 3 aliphatic heterocycles. The predicted molar refractivity (Wildman–Crippen MR) is 387 cm³/mol. The van der Waals surface area contributed by atoms with E-state index in [1.807, 2.05) is 0 Å². The maximum Gasteiger partial charge on any atom is 0.252 e. The van der Waals surface area contributed by atoms with E-state index in [1.165, 1.54) is 119 Å². The molecule has 4 aliphatic rings. The average molecular weight is 1180 g/mol. The maximum atomic E-state index is 2.77. The Kier molecular flexibility index (Phi) is 13.1. The first-order chi connectivity index (χ1) is 42.9. The molecule has 10 aromatic carbocycles. The lowest BCUT2D eigenvalue weighted by Gasteiger charge is -2.50. The minimum Gasteiger partial charge on any atom is -0.334 e. The minimum atomic E-state index is -0.185. The molecule has 0 saturated heterocycles. The highest BCUT2D eigenvalue weighted by Crippen LogP contribution is 2.62. The van der Waals surface area contributed by atoms with Gasteiger partial charge in [-0.15, -0.1) is 0 Å². The van der Waals surface area contributed by atoms with Crippen molar-refractivity contribution in [3.8, 4) is 5.69 Å². The summed E-state index contributed by atoms with van der Waals surface area (Å²) in [6.45, 7) is 33.1. The highest BCUT2D eigenvalue weighted by molar-refractivity contribution is 7.00. The molecule has 1 saturated carbocycles. The summed E-state index contributed by atoms with van der Waals surface area (Å²) in [4.78, 5) is 10.6. The highest BCUT2D eigenvalue weighted by atomic mass is 15.3. The number of para-hydroxylation sites is 3. The predicted octanol–water partition coefficient (Wildman–Crippen LogP) is 21.3. The van der Waals surface area contributed by atoms with Gasteiger partial charge in [-0.1, -0.05) is 206 Å². The Morgan fingerprint density at radius 3 is 1.42 bits per heavy atom. The molecule has 11 aromatic rings. The first-order valence-electron chi connectivity index (χ1n) is 33.1. The summed E-state index contributed by atoms with van der Waals surface area (Å²) in [5, 5.41) is 2.47. The largest absolute Gasteiger partial charge is 0.334 e. The molecule has 5 nitrogen and oxygen atoms in total. The van der Waals surface area contributed by atoms with Gasteiger partial charge in [0.15, 0.2) is 0 Å². The third kappa shape index (κ3) is 9.00. The van der Waals surface area contributed by atoms with E-state index in [0.29, 0.717) is 0 Å². The number of hydrogen-bond donors (Lipinski definition) is 0. The Balaban J connectivity index is 1.03. The van der Waals surface area contributed by atoms with Crippen molar-refractivity contribution in [3.63, 3.8) is 0 Å². The van der Waals surface area contributed by atoms with Gasteiger partial charge >= 0.3 is 0 Å². The summed E-state index contributed by atoms with van der Waals surface area (Å²) < 4.78 is 2.44. The smallest absolute Gasteiger partial charge is 0.252 e. The van der Waals surface area contributed by atoms with Crippen molar-refractivity contribution in [2.45, 2.75) is 155 Å². The lowest BCUT2D eigenvalue weighted by atomic mass is 9.33. The molecular weight excluding hydrogens is 1090 g/mol. The van der Waals surface area contributed by atoms with E-state index >= 15 is 0 Å². The van der Waals surface area contributed by atoms with Gasteiger partial charge in [-0.25, -0.2) is 0 Å². The first kappa shape index (κ1) is 57.7. The molecule has 2 atom stereocenters. The maximum absolute atomic E-state index is 2.77. The summed E-state index contributed by atoms with van der Waals surface area (Å²) in [6, 6.07) is 84.6. The zero-order valence-electron chi connectivity index (χ0n) is 55.4. The number of aromatic nitrogens is 1. The molecule has 1 aromatic heterocycles. The first-order valence-corrected chi connectivity index (χ1v) is 33.1. The summed E-state index contributed by atoms with van der Waals surface area (Å²) in [7, 11) is 0. The lowest BCUT2D eigenvalue weighted by molar-refractivity contribution is 0.195. The van der Waals surface area contributed by atoms with E-state index in [1.54, 1.807) is 0 Å². The van der Waals surface area contributed by atoms with Gasteiger partial charge in [0.1, 0.15) is 0 Å². The van der Waals surface area contributed by atoms with E-state index < -0.39 is 0 Å². The zero-order chi connectivity index (χ0) is 62.6. The van der Waals surface area contributed by atoms with E-state index in [4.69, 9.17) is 0 Å². The molecule has 1 aliphatic carbocycles. The van der Waals surface area contributed by atoms with Crippen LogP contribution in [0.2, 0.25) is 0 Å². The normalized spacial score (nSPS) is 17.9. The summed E-state index contributed by atoms with van der Waals surface area (Å²) >= 11 is 0. The van der Waals surface area contributed by atoms with E-state index in [2.05, 4.69) is 339 Å². The van der Waals surface area contributed by atoms with E-state index in [0.717, 1.165) is 41.3 Å². The zero-order valence-corrected chi connectivity index (χ0v) is 55.4. The van der Waals surface area contributed by atoms with Crippen molar-refractivity contribution in [1.82, 2.24) is 4.57 Å². The molecule has 6 heteroatoms. The van der Waals surface area contributed by atoms with Gasteiger partial charge in [0, 0.05) is 84.4 Å². The van der Waals surface area contributed by atoms with Gasteiger partial charge in [-0.2, -0.15) is 0 Å². The molecular formula is C84H86BN5. The number of fused-ring (bicyclic) bond motifs is 10. The fourth-order valence-electron chi connectivity index (χ4n) is 16.0. The number of nitrogens with zero attached hydrogens (tertiary/aromatic N) is 5. The minimum absolute atomic E-state index is 0.00245. The number of anilines is 11. The van der Waals surface area contributed by atoms with Crippen molar-refractivity contribution in [1.29, 1.82) is 0 Å². The molecule has 1 fully saturated rings. The molecule has 15 rings (SSSR count). The third-order valence-electron chi connectivity index (χ3n) is 21.3. The van der Waals surface area contributed by atoms with Crippen molar-refractivity contribution >= 4 is 107 Å². The van der Waals surface area contributed by atoms with Crippen LogP contribution < -0.4 is 36.0 Å². The highest BCUT2D eigenvalue weighted by Gasteiger charge is 2.59. The topological polar surface area (TPSA) is 17.9 Å². The molecule has 0 N–H and O–H groups in total. The average Bonchev–Trinajstić information content (AvgIpc) is 1.29. The molecule has 0 spiro atoms. The summed E-state index contributed by atoms with van der Waals surface area (Å²) in [5.41, 5.74) is 26.9. The Morgan fingerprint density at radius 2 is 0.844 bits per heavy atom. The fourth-order valence-corrected chi connectivity index (χ4v) is 16.0. The Hall–Kier alpha value is -8.74. The quantitative estimate of drug-likeness (QED) is 0.148. The lowest BCUT2D eigenvalue weighted by Crippen LogP contribution is -2.61. The second-order valence-electron chi connectivity index (χ2n) is 31.1. The third-order valence-corrected chi connectivity index (χ3v) is 21.3. The SMILES string of the molecule is CC(C)(C)c1ccc(N(c2ccc3c(c2)N(c2ccc(C(C)(C)C)cc2)c2cc(C(C)(C)C)cc4c2B3c2cc3c(cc2N4c2ccc(C(C)(C)C)cc2)C2(C)CCCCC2(C)N3c2ccccc2)c2ccc3c4ccccc4n(-c4ccccc4)c3c2)cc1.